The second-order valence-corrected chi connectivity index (χ2v) is 2.42. The average Bonchev–Trinajstić information content (AvgIpc) is 1.87. The highest BCUT2D eigenvalue weighted by Gasteiger charge is 2.18. The predicted molar refractivity (Wildman–Crippen MR) is 38.1 cm³/mol. The molecule has 0 aromatic carbocycles. The molecule has 0 unspecified atom stereocenters. The molecule has 3 nitrogen and oxygen atoms in total. The molecule has 0 aliphatic carbocycles. The third-order valence-electron chi connectivity index (χ3n) is 0.876. The van der Waals surface area contributed by atoms with Crippen LogP contribution in [-0.4, -0.2) is 17.7 Å². The summed E-state index contributed by atoms with van der Waals surface area (Å²) in [5.74, 6) is -0.367. The third kappa shape index (κ3) is 3.02. The Hall–Kier alpha value is -1.12. The van der Waals surface area contributed by atoms with E-state index < -0.39 is 5.54 Å². The number of hydrogen-bond donors (Lipinski definition) is 1. The van der Waals surface area contributed by atoms with E-state index >= 15 is 0 Å². The maximum atomic E-state index is 10.6. The summed E-state index contributed by atoms with van der Waals surface area (Å²) in [6, 6.07) is 0. The standard InChI is InChI=1S/C7H10NO2/c1-4-6(10)8-7(2,3)5-9/h4H,1H2,2-3H3,(H,8,10). The van der Waals surface area contributed by atoms with E-state index in [2.05, 4.69) is 11.9 Å². The minimum absolute atomic E-state index is 0.367. The van der Waals surface area contributed by atoms with E-state index in [1.165, 1.54) is 0 Å². The molecule has 0 heterocycles. The molecule has 0 aromatic rings. The highest BCUT2D eigenvalue weighted by molar-refractivity contribution is 5.89. The van der Waals surface area contributed by atoms with Crippen LogP contribution in [0, 0.1) is 0 Å². The van der Waals surface area contributed by atoms with E-state index in [0.717, 1.165) is 6.08 Å². The number of nitrogens with one attached hydrogen (secondary N) is 1. The zero-order valence-corrected chi connectivity index (χ0v) is 6.10. The Morgan fingerprint density at radius 2 is 2.20 bits per heavy atom. The van der Waals surface area contributed by atoms with Crippen LogP contribution in [0.5, 0.6) is 0 Å². The van der Waals surface area contributed by atoms with Crippen molar-refractivity contribution < 1.29 is 9.59 Å². The quantitative estimate of drug-likeness (QED) is 0.568. The molecule has 0 saturated heterocycles. The molecule has 0 spiro atoms. The summed E-state index contributed by atoms with van der Waals surface area (Å²) in [5, 5.41) is 2.38. The van der Waals surface area contributed by atoms with Gasteiger partial charge in [0.05, 0.1) is 0 Å². The molecule has 0 rings (SSSR count). The predicted octanol–water partition coefficient (Wildman–Crippen LogP) is 0.177. The molecule has 0 atom stereocenters. The van der Waals surface area contributed by atoms with E-state index in [4.69, 9.17) is 0 Å². The first-order valence-electron chi connectivity index (χ1n) is 2.86. The van der Waals surface area contributed by atoms with Gasteiger partial charge in [-0.25, -0.2) is 0 Å². The second-order valence-electron chi connectivity index (χ2n) is 2.42. The molecule has 0 fully saturated rings. The molecular weight excluding hydrogens is 130 g/mol. The van der Waals surface area contributed by atoms with Crippen LogP contribution in [0.1, 0.15) is 13.8 Å². The normalized spacial score (nSPS) is 10.2. The van der Waals surface area contributed by atoms with Gasteiger partial charge in [-0.2, -0.15) is 0 Å². The molecule has 0 bridgehead atoms. The van der Waals surface area contributed by atoms with Gasteiger partial charge < -0.3 is 5.32 Å². The van der Waals surface area contributed by atoms with Gasteiger partial charge in [0.25, 0.3) is 0 Å². The van der Waals surface area contributed by atoms with Gasteiger partial charge in [0.1, 0.15) is 5.54 Å². The minimum atomic E-state index is -0.911. The number of carbonyl (C=O) groups excluding carboxylic acids is 2. The Bertz CT molecular complexity index is 161. The third-order valence-corrected chi connectivity index (χ3v) is 0.876. The fraction of sp³-hybridized carbons (Fsp3) is 0.429. The molecule has 1 radical (unpaired) electrons. The number of rotatable bonds is 3. The lowest BCUT2D eigenvalue weighted by Gasteiger charge is -2.15. The molecule has 10 heavy (non-hydrogen) atoms. The highest BCUT2D eigenvalue weighted by atomic mass is 16.2. The molecule has 0 aliphatic rings. The van der Waals surface area contributed by atoms with Crippen molar-refractivity contribution in [3.8, 4) is 0 Å². The largest absolute Gasteiger partial charge is 0.340 e. The van der Waals surface area contributed by atoms with Crippen molar-refractivity contribution in [2.75, 3.05) is 0 Å². The van der Waals surface area contributed by atoms with Crippen LogP contribution in [0.4, 0.5) is 0 Å². The van der Waals surface area contributed by atoms with Crippen molar-refractivity contribution in [3.63, 3.8) is 0 Å². The molecule has 55 valence electrons. The fourth-order valence-electron chi connectivity index (χ4n) is 0.385. The molecule has 0 aliphatic heterocycles. The Morgan fingerprint density at radius 1 is 1.70 bits per heavy atom. The lowest BCUT2D eigenvalue weighted by atomic mass is 10.1. The van der Waals surface area contributed by atoms with Gasteiger partial charge in [-0.05, 0) is 19.9 Å². The average molecular weight is 140 g/mol. The molecule has 0 saturated carbocycles. The van der Waals surface area contributed by atoms with Gasteiger partial charge in [-0.1, -0.05) is 6.58 Å². The van der Waals surface area contributed by atoms with Gasteiger partial charge in [0, 0.05) is 0 Å². The Morgan fingerprint density at radius 3 is 2.50 bits per heavy atom. The first-order valence-corrected chi connectivity index (χ1v) is 2.86. The lowest BCUT2D eigenvalue weighted by Crippen LogP contribution is -2.43. The first-order chi connectivity index (χ1) is 4.52. The number of amides is 1. The summed E-state index contributed by atoms with van der Waals surface area (Å²) in [5.41, 5.74) is -0.911. The van der Waals surface area contributed by atoms with Crippen LogP contribution in [0.15, 0.2) is 12.7 Å². The minimum Gasteiger partial charge on any atom is -0.340 e. The topological polar surface area (TPSA) is 46.2 Å². The van der Waals surface area contributed by atoms with Crippen LogP contribution in [-0.2, 0) is 9.59 Å². The fourth-order valence-corrected chi connectivity index (χ4v) is 0.385. The molecule has 1 N–H and O–H groups in total. The Kier molecular flexibility index (Phi) is 2.80. The van der Waals surface area contributed by atoms with Crippen LogP contribution in [0.25, 0.3) is 0 Å². The summed E-state index contributed by atoms with van der Waals surface area (Å²) in [4.78, 5) is 20.7. The summed E-state index contributed by atoms with van der Waals surface area (Å²) < 4.78 is 0. The van der Waals surface area contributed by atoms with E-state index in [0.29, 0.717) is 0 Å². The maximum absolute atomic E-state index is 10.6. The summed E-state index contributed by atoms with van der Waals surface area (Å²) in [7, 11) is 0. The van der Waals surface area contributed by atoms with Gasteiger partial charge in [0.15, 0.2) is 0 Å². The second kappa shape index (κ2) is 3.15. The van der Waals surface area contributed by atoms with Crippen molar-refractivity contribution >= 4 is 12.2 Å². The number of hydrogen-bond acceptors (Lipinski definition) is 2. The van der Waals surface area contributed by atoms with E-state index in [1.54, 1.807) is 20.1 Å². The van der Waals surface area contributed by atoms with Crippen molar-refractivity contribution in [1.82, 2.24) is 5.32 Å². The van der Waals surface area contributed by atoms with Crippen LogP contribution < -0.4 is 5.32 Å². The smallest absolute Gasteiger partial charge is 0.244 e. The van der Waals surface area contributed by atoms with Gasteiger partial charge in [-0.3, -0.25) is 9.59 Å². The van der Waals surface area contributed by atoms with Gasteiger partial charge in [-0.15, -0.1) is 0 Å². The SMILES string of the molecule is C=CC(=O)NC(C)(C)[C]=O. The van der Waals surface area contributed by atoms with Gasteiger partial charge >= 0.3 is 0 Å². The lowest BCUT2D eigenvalue weighted by molar-refractivity contribution is -0.117. The van der Waals surface area contributed by atoms with Crippen LogP contribution in [0.3, 0.4) is 0 Å². The zero-order chi connectivity index (χ0) is 8.20. The molecule has 1 amide bonds. The van der Waals surface area contributed by atoms with E-state index in [9.17, 15) is 9.59 Å². The van der Waals surface area contributed by atoms with Crippen LogP contribution >= 0.6 is 0 Å². The monoisotopic (exact) mass is 140 g/mol. The summed E-state index contributed by atoms with van der Waals surface area (Å²) in [6.45, 7) is 6.35. The van der Waals surface area contributed by atoms with E-state index in [1.807, 2.05) is 0 Å². The molecule has 3 heteroatoms. The maximum Gasteiger partial charge on any atom is 0.244 e. The van der Waals surface area contributed by atoms with Crippen molar-refractivity contribution in [3.05, 3.63) is 12.7 Å². The Labute approximate surface area is 60.1 Å². The molecular formula is C7H10NO2. The summed E-state index contributed by atoms with van der Waals surface area (Å²) >= 11 is 0. The van der Waals surface area contributed by atoms with Gasteiger partial charge in [0.2, 0.25) is 12.2 Å². The van der Waals surface area contributed by atoms with Crippen molar-refractivity contribution in [1.29, 1.82) is 0 Å². The zero-order valence-electron chi connectivity index (χ0n) is 6.10. The number of carbonyl (C=O) groups is 1. The van der Waals surface area contributed by atoms with Crippen molar-refractivity contribution in [2.24, 2.45) is 0 Å². The van der Waals surface area contributed by atoms with Crippen LogP contribution in [0.2, 0.25) is 0 Å². The van der Waals surface area contributed by atoms with Crippen molar-refractivity contribution in [2.45, 2.75) is 19.4 Å². The van der Waals surface area contributed by atoms with E-state index in [-0.39, 0.29) is 5.91 Å². The first kappa shape index (κ1) is 8.88. The molecule has 0 aromatic heterocycles. The summed E-state index contributed by atoms with van der Waals surface area (Å²) in [6.07, 6.45) is 2.79. The Balaban J connectivity index is 4.00. The highest BCUT2D eigenvalue weighted by Crippen LogP contribution is 1.95.